The number of benzene rings is 2. The second-order valence-corrected chi connectivity index (χ2v) is 5.33. The van der Waals surface area contributed by atoms with Crippen molar-refractivity contribution in [3.63, 3.8) is 0 Å². The Morgan fingerprint density at radius 3 is 2.15 bits per heavy atom. The monoisotopic (exact) mass is 297 g/mol. The summed E-state index contributed by atoms with van der Waals surface area (Å²) in [7, 11) is 0. The van der Waals surface area contributed by atoms with E-state index in [4.69, 9.17) is 0 Å². The van der Waals surface area contributed by atoms with Crippen molar-refractivity contribution in [2.75, 3.05) is 17.6 Å². The Morgan fingerprint density at radius 1 is 0.900 bits per heavy atom. The highest BCUT2D eigenvalue weighted by Gasteiger charge is 2.29. The van der Waals surface area contributed by atoms with E-state index >= 15 is 0 Å². The molecule has 0 spiro atoms. The molecule has 0 amide bonds. The van der Waals surface area contributed by atoms with Gasteiger partial charge in [-0.25, -0.2) is 0 Å². The molecule has 106 valence electrons. The fourth-order valence-corrected chi connectivity index (χ4v) is 2.45. The zero-order chi connectivity index (χ0) is 14.4. The number of hydrogen-bond acceptors (Lipinski definition) is 2. The molecule has 2 rings (SSSR count). The number of thioether (sulfide) groups is 1. The largest absolute Gasteiger partial charge is 0.416 e. The van der Waals surface area contributed by atoms with Gasteiger partial charge in [0.05, 0.1) is 5.56 Å². The molecule has 0 heterocycles. The summed E-state index contributed by atoms with van der Waals surface area (Å²) >= 11 is 1.70. The molecular weight excluding hydrogens is 283 g/mol. The molecule has 0 radical (unpaired) electrons. The van der Waals surface area contributed by atoms with Crippen LogP contribution in [0, 0.1) is 0 Å². The van der Waals surface area contributed by atoms with Crippen LogP contribution in [0.4, 0.5) is 18.9 Å². The third-order valence-electron chi connectivity index (χ3n) is 2.66. The molecule has 20 heavy (non-hydrogen) atoms. The van der Waals surface area contributed by atoms with Crippen molar-refractivity contribution in [3.8, 4) is 0 Å². The molecule has 0 aromatic heterocycles. The van der Waals surface area contributed by atoms with Crippen LogP contribution in [0.15, 0.2) is 59.5 Å². The molecule has 0 fully saturated rings. The summed E-state index contributed by atoms with van der Waals surface area (Å²) in [5, 5.41) is 3.11. The van der Waals surface area contributed by atoms with E-state index in [1.807, 2.05) is 30.3 Å². The van der Waals surface area contributed by atoms with E-state index in [1.54, 1.807) is 11.8 Å². The number of alkyl halides is 3. The van der Waals surface area contributed by atoms with Crippen molar-refractivity contribution in [2.45, 2.75) is 11.1 Å². The van der Waals surface area contributed by atoms with Crippen LogP contribution >= 0.6 is 11.8 Å². The van der Waals surface area contributed by atoms with Crippen molar-refractivity contribution in [1.82, 2.24) is 0 Å². The lowest BCUT2D eigenvalue weighted by molar-refractivity contribution is -0.137. The average Bonchev–Trinajstić information content (AvgIpc) is 2.44. The molecule has 0 unspecified atom stereocenters. The SMILES string of the molecule is FC(F)(F)c1ccc(NCCSc2ccccc2)cc1. The van der Waals surface area contributed by atoms with Gasteiger partial charge < -0.3 is 5.32 Å². The molecule has 0 saturated heterocycles. The van der Waals surface area contributed by atoms with Crippen LogP contribution in [-0.2, 0) is 6.18 Å². The minimum atomic E-state index is -4.28. The molecular formula is C15H14F3NS. The van der Waals surface area contributed by atoms with E-state index in [0.717, 1.165) is 17.9 Å². The zero-order valence-corrected chi connectivity index (χ0v) is 11.5. The van der Waals surface area contributed by atoms with Crippen molar-refractivity contribution < 1.29 is 13.2 Å². The number of hydrogen-bond donors (Lipinski definition) is 1. The molecule has 0 aliphatic carbocycles. The minimum absolute atomic E-state index is 0.623. The first-order valence-corrected chi connectivity index (χ1v) is 7.13. The smallest absolute Gasteiger partial charge is 0.384 e. The predicted molar refractivity (Wildman–Crippen MR) is 77.1 cm³/mol. The molecule has 5 heteroatoms. The van der Waals surface area contributed by atoms with E-state index < -0.39 is 11.7 Å². The topological polar surface area (TPSA) is 12.0 Å². The van der Waals surface area contributed by atoms with E-state index in [9.17, 15) is 13.2 Å². The van der Waals surface area contributed by atoms with Gasteiger partial charge in [0, 0.05) is 22.9 Å². The first-order valence-electron chi connectivity index (χ1n) is 6.15. The van der Waals surface area contributed by atoms with E-state index in [-0.39, 0.29) is 0 Å². The van der Waals surface area contributed by atoms with E-state index in [2.05, 4.69) is 5.32 Å². The highest BCUT2D eigenvalue weighted by molar-refractivity contribution is 7.99. The summed E-state index contributed by atoms with van der Waals surface area (Å²) in [6, 6.07) is 15.1. The Balaban J connectivity index is 1.77. The summed E-state index contributed by atoms with van der Waals surface area (Å²) in [4.78, 5) is 1.18. The van der Waals surface area contributed by atoms with Gasteiger partial charge in [-0.3, -0.25) is 0 Å². The average molecular weight is 297 g/mol. The summed E-state index contributed by atoms with van der Waals surface area (Å²) in [6.07, 6.45) is -4.28. The van der Waals surface area contributed by atoms with Crippen molar-refractivity contribution in [1.29, 1.82) is 0 Å². The number of rotatable bonds is 5. The predicted octanol–water partition coefficient (Wildman–Crippen LogP) is 4.91. The molecule has 0 bridgehead atoms. The molecule has 0 aliphatic rings. The number of anilines is 1. The maximum atomic E-state index is 12.4. The van der Waals surface area contributed by atoms with Crippen LogP contribution in [0.5, 0.6) is 0 Å². The molecule has 0 atom stereocenters. The van der Waals surface area contributed by atoms with Crippen LogP contribution < -0.4 is 5.32 Å². The van der Waals surface area contributed by atoms with Gasteiger partial charge in [0.1, 0.15) is 0 Å². The van der Waals surface area contributed by atoms with Gasteiger partial charge in [-0.15, -0.1) is 11.8 Å². The minimum Gasteiger partial charge on any atom is -0.384 e. The maximum absolute atomic E-state index is 12.4. The van der Waals surface area contributed by atoms with Gasteiger partial charge in [-0.05, 0) is 36.4 Å². The molecule has 0 saturated carbocycles. The summed E-state index contributed by atoms with van der Waals surface area (Å²) in [5.41, 5.74) is 0.0772. The second kappa shape index (κ2) is 6.70. The first kappa shape index (κ1) is 14.8. The Labute approximate surface area is 120 Å². The Bertz CT molecular complexity index is 523. The Kier molecular flexibility index (Phi) is 4.95. The quantitative estimate of drug-likeness (QED) is 0.621. The normalized spacial score (nSPS) is 11.3. The van der Waals surface area contributed by atoms with Crippen molar-refractivity contribution in [3.05, 3.63) is 60.2 Å². The highest BCUT2D eigenvalue weighted by atomic mass is 32.2. The lowest BCUT2D eigenvalue weighted by atomic mass is 10.2. The Morgan fingerprint density at radius 2 is 1.55 bits per heavy atom. The van der Waals surface area contributed by atoms with Gasteiger partial charge in [-0.2, -0.15) is 13.2 Å². The highest BCUT2D eigenvalue weighted by Crippen LogP contribution is 2.29. The lowest BCUT2D eigenvalue weighted by Gasteiger charge is -2.09. The van der Waals surface area contributed by atoms with Gasteiger partial charge in [-0.1, -0.05) is 18.2 Å². The van der Waals surface area contributed by atoms with Crippen LogP contribution in [0.1, 0.15) is 5.56 Å². The van der Waals surface area contributed by atoms with Crippen LogP contribution in [-0.4, -0.2) is 12.3 Å². The second-order valence-electron chi connectivity index (χ2n) is 4.16. The van der Waals surface area contributed by atoms with Gasteiger partial charge in [0.15, 0.2) is 0 Å². The van der Waals surface area contributed by atoms with E-state index in [1.165, 1.54) is 17.0 Å². The van der Waals surface area contributed by atoms with Gasteiger partial charge >= 0.3 is 6.18 Å². The first-order chi connectivity index (χ1) is 9.55. The van der Waals surface area contributed by atoms with Crippen molar-refractivity contribution >= 4 is 17.4 Å². The van der Waals surface area contributed by atoms with Gasteiger partial charge in [0.25, 0.3) is 0 Å². The molecule has 1 N–H and O–H groups in total. The summed E-state index contributed by atoms with van der Waals surface area (Å²) in [6.45, 7) is 0.699. The van der Waals surface area contributed by atoms with Crippen molar-refractivity contribution in [2.24, 2.45) is 0 Å². The number of halogens is 3. The van der Waals surface area contributed by atoms with Crippen LogP contribution in [0.2, 0.25) is 0 Å². The van der Waals surface area contributed by atoms with Crippen LogP contribution in [0.3, 0.4) is 0 Å². The summed E-state index contributed by atoms with van der Waals surface area (Å²) < 4.78 is 37.2. The van der Waals surface area contributed by atoms with Crippen LogP contribution in [0.25, 0.3) is 0 Å². The maximum Gasteiger partial charge on any atom is 0.416 e. The lowest BCUT2D eigenvalue weighted by Crippen LogP contribution is -2.06. The standard InChI is InChI=1S/C15H14F3NS/c16-15(17,18)12-6-8-13(9-7-12)19-10-11-20-14-4-2-1-3-5-14/h1-9,19H,10-11H2. The van der Waals surface area contributed by atoms with Gasteiger partial charge in [0.2, 0.25) is 0 Å². The zero-order valence-electron chi connectivity index (χ0n) is 10.7. The third-order valence-corrected chi connectivity index (χ3v) is 3.67. The molecule has 2 aromatic rings. The fourth-order valence-electron chi connectivity index (χ4n) is 1.66. The van der Waals surface area contributed by atoms with E-state index in [0.29, 0.717) is 12.2 Å². The molecule has 0 aliphatic heterocycles. The third kappa shape index (κ3) is 4.49. The molecule has 1 nitrogen and oxygen atoms in total. The fraction of sp³-hybridized carbons (Fsp3) is 0.200. The summed E-state index contributed by atoms with van der Waals surface area (Å²) in [5.74, 6) is 0.852. The Hall–Kier alpha value is -1.62. The molecule has 2 aromatic carbocycles. The number of nitrogens with one attached hydrogen (secondary N) is 1.